The van der Waals surface area contributed by atoms with Crippen molar-refractivity contribution in [2.75, 3.05) is 6.54 Å². The number of hydrogen-bond acceptors (Lipinski definition) is 2. The Kier molecular flexibility index (Phi) is 1.24. The fraction of sp³-hybridized carbons (Fsp3) is 0.125. The summed E-state index contributed by atoms with van der Waals surface area (Å²) >= 11 is 0. The van der Waals surface area contributed by atoms with Crippen molar-refractivity contribution in [2.24, 2.45) is 10.2 Å². The SMILES string of the molecule is [CH]1CN=Nc2ccccc21. The zero-order valence-electron chi connectivity index (χ0n) is 5.49. The van der Waals surface area contributed by atoms with Crippen LogP contribution in [0.2, 0.25) is 0 Å². The summed E-state index contributed by atoms with van der Waals surface area (Å²) in [5.41, 5.74) is 2.17. The summed E-state index contributed by atoms with van der Waals surface area (Å²) in [5.74, 6) is 0. The van der Waals surface area contributed by atoms with E-state index in [0.29, 0.717) is 0 Å². The highest BCUT2D eigenvalue weighted by atomic mass is 15.1. The normalized spacial score (nSPS) is 14.8. The number of fused-ring (bicyclic) bond motifs is 1. The van der Waals surface area contributed by atoms with Gasteiger partial charge in [0.2, 0.25) is 0 Å². The van der Waals surface area contributed by atoms with Crippen molar-refractivity contribution < 1.29 is 0 Å². The molecule has 2 rings (SSSR count). The number of rotatable bonds is 0. The molecule has 0 spiro atoms. The molecule has 0 bridgehead atoms. The predicted molar refractivity (Wildman–Crippen MR) is 39.2 cm³/mol. The average Bonchev–Trinajstić information content (AvgIpc) is 2.05. The summed E-state index contributed by atoms with van der Waals surface area (Å²) in [6.07, 6.45) is 2.07. The maximum Gasteiger partial charge on any atom is 0.0888 e. The first-order chi connectivity index (χ1) is 4.97. The van der Waals surface area contributed by atoms with Crippen LogP contribution in [0.4, 0.5) is 5.69 Å². The van der Waals surface area contributed by atoms with E-state index in [9.17, 15) is 0 Å². The minimum Gasteiger partial charge on any atom is -0.188 e. The van der Waals surface area contributed by atoms with Crippen LogP contribution in [0, 0.1) is 6.42 Å². The number of hydrogen-bond donors (Lipinski definition) is 0. The Morgan fingerprint density at radius 2 is 2.10 bits per heavy atom. The van der Waals surface area contributed by atoms with Crippen LogP contribution in [0.3, 0.4) is 0 Å². The van der Waals surface area contributed by atoms with Crippen molar-refractivity contribution in [3.8, 4) is 0 Å². The van der Waals surface area contributed by atoms with E-state index in [4.69, 9.17) is 0 Å². The van der Waals surface area contributed by atoms with Gasteiger partial charge in [0.25, 0.3) is 0 Å². The van der Waals surface area contributed by atoms with E-state index in [1.165, 1.54) is 5.56 Å². The average molecular weight is 131 g/mol. The van der Waals surface area contributed by atoms with E-state index in [-0.39, 0.29) is 0 Å². The molecule has 0 saturated heterocycles. The molecule has 0 amide bonds. The predicted octanol–water partition coefficient (Wildman–Crippen LogP) is 2.34. The standard InChI is InChI=1S/C8H7N2/c1-2-4-8-7(3-1)5-6-9-10-8/h1-5H,6H2. The lowest BCUT2D eigenvalue weighted by molar-refractivity contribution is 0.987. The van der Waals surface area contributed by atoms with Gasteiger partial charge in [0.05, 0.1) is 12.2 Å². The molecule has 1 aromatic carbocycles. The van der Waals surface area contributed by atoms with Crippen molar-refractivity contribution in [1.29, 1.82) is 0 Å². The fourth-order valence-corrected chi connectivity index (χ4v) is 1.01. The Bertz CT molecular complexity index is 266. The van der Waals surface area contributed by atoms with Crippen LogP contribution in [0.1, 0.15) is 5.56 Å². The molecule has 0 aliphatic carbocycles. The first-order valence-electron chi connectivity index (χ1n) is 3.26. The molecule has 2 heteroatoms. The van der Waals surface area contributed by atoms with Gasteiger partial charge in [-0.15, -0.1) is 0 Å². The molecule has 0 unspecified atom stereocenters. The van der Waals surface area contributed by atoms with E-state index in [0.717, 1.165) is 12.2 Å². The Labute approximate surface area is 59.6 Å². The zero-order chi connectivity index (χ0) is 6.81. The van der Waals surface area contributed by atoms with Gasteiger partial charge in [-0.25, -0.2) is 0 Å². The van der Waals surface area contributed by atoms with E-state index in [1.807, 2.05) is 24.3 Å². The second kappa shape index (κ2) is 2.21. The van der Waals surface area contributed by atoms with E-state index in [1.54, 1.807) is 0 Å². The summed E-state index contributed by atoms with van der Waals surface area (Å²) in [5, 5.41) is 7.87. The molecule has 0 fully saturated rings. The summed E-state index contributed by atoms with van der Waals surface area (Å²) in [6, 6.07) is 8.00. The third-order valence-corrected chi connectivity index (χ3v) is 1.51. The Hall–Kier alpha value is -1.18. The van der Waals surface area contributed by atoms with Gasteiger partial charge in [-0.2, -0.15) is 10.2 Å². The summed E-state index contributed by atoms with van der Waals surface area (Å²) in [6.45, 7) is 0.719. The first-order valence-corrected chi connectivity index (χ1v) is 3.26. The first kappa shape index (κ1) is 5.59. The molecule has 0 atom stereocenters. The molecule has 0 N–H and O–H groups in total. The second-order valence-electron chi connectivity index (χ2n) is 2.19. The van der Waals surface area contributed by atoms with Crippen molar-refractivity contribution in [2.45, 2.75) is 0 Å². The maximum absolute atomic E-state index is 3.99. The highest BCUT2D eigenvalue weighted by molar-refractivity contribution is 5.50. The molecule has 1 heterocycles. The topological polar surface area (TPSA) is 24.7 Å². The van der Waals surface area contributed by atoms with Gasteiger partial charge in [0.1, 0.15) is 0 Å². The van der Waals surface area contributed by atoms with Gasteiger partial charge in [-0.3, -0.25) is 0 Å². The minimum atomic E-state index is 0.719. The van der Waals surface area contributed by atoms with Crippen LogP contribution >= 0.6 is 0 Å². The van der Waals surface area contributed by atoms with E-state index >= 15 is 0 Å². The van der Waals surface area contributed by atoms with Crippen molar-refractivity contribution in [3.05, 3.63) is 36.2 Å². The molecule has 0 saturated carbocycles. The zero-order valence-corrected chi connectivity index (χ0v) is 5.49. The van der Waals surface area contributed by atoms with Crippen LogP contribution in [-0.2, 0) is 0 Å². The van der Waals surface area contributed by atoms with Crippen LogP contribution in [0.25, 0.3) is 0 Å². The number of azo groups is 1. The summed E-state index contributed by atoms with van der Waals surface area (Å²) in [7, 11) is 0. The van der Waals surface area contributed by atoms with Crippen LogP contribution in [0.15, 0.2) is 34.5 Å². The quantitative estimate of drug-likeness (QED) is 0.516. The third kappa shape index (κ3) is 0.817. The van der Waals surface area contributed by atoms with Crippen LogP contribution < -0.4 is 0 Å². The lowest BCUT2D eigenvalue weighted by Crippen LogP contribution is -1.90. The Morgan fingerprint density at radius 3 is 3.00 bits per heavy atom. The van der Waals surface area contributed by atoms with E-state index in [2.05, 4.69) is 16.6 Å². The molecule has 49 valence electrons. The van der Waals surface area contributed by atoms with Gasteiger partial charge in [-0.05, 0) is 11.6 Å². The van der Waals surface area contributed by atoms with Gasteiger partial charge in [-0.1, -0.05) is 18.2 Å². The molecule has 10 heavy (non-hydrogen) atoms. The van der Waals surface area contributed by atoms with Crippen molar-refractivity contribution in [3.63, 3.8) is 0 Å². The lowest BCUT2D eigenvalue weighted by Gasteiger charge is -2.05. The van der Waals surface area contributed by atoms with Gasteiger partial charge in [0.15, 0.2) is 0 Å². The highest BCUT2D eigenvalue weighted by Gasteiger charge is 2.03. The van der Waals surface area contributed by atoms with Gasteiger partial charge >= 0.3 is 0 Å². The largest absolute Gasteiger partial charge is 0.188 e. The summed E-state index contributed by atoms with van der Waals surface area (Å²) < 4.78 is 0. The molecule has 1 radical (unpaired) electrons. The van der Waals surface area contributed by atoms with Crippen LogP contribution in [-0.4, -0.2) is 6.54 Å². The fourth-order valence-electron chi connectivity index (χ4n) is 1.01. The molecule has 1 aromatic rings. The van der Waals surface area contributed by atoms with Crippen molar-refractivity contribution >= 4 is 5.69 Å². The third-order valence-electron chi connectivity index (χ3n) is 1.51. The van der Waals surface area contributed by atoms with Gasteiger partial charge in [0, 0.05) is 6.42 Å². The summed E-state index contributed by atoms with van der Waals surface area (Å²) in [4.78, 5) is 0. The van der Waals surface area contributed by atoms with E-state index < -0.39 is 0 Å². The monoisotopic (exact) mass is 131 g/mol. The molecular formula is C8H7N2. The molecule has 1 aliphatic heterocycles. The lowest BCUT2D eigenvalue weighted by atomic mass is 10.1. The Balaban J connectivity index is 2.54. The molecular weight excluding hydrogens is 124 g/mol. The molecule has 0 aromatic heterocycles. The van der Waals surface area contributed by atoms with Crippen molar-refractivity contribution in [1.82, 2.24) is 0 Å². The maximum atomic E-state index is 3.99. The smallest absolute Gasteiger partial charge is 0.0888 e. The molecule has 1 aliphatic rings. The number of nitrogens with zero attached hydrogens (tertiary/aromatic N) is 2. The number of benzene rings is 1. The minimum absolute atomic E-state index is 0.719. The van der Waals surface area contributed by atoms with Crippen LogP contribution in [0.5, 0.6) is 0 Å². The van der Waals surface area contributed by atoms with Gasteiger partial charge < -0.3 is 0 Å². The second-order valence-corrected chi connectivity index (χ2v) is 2.19. The molecule has 2 nitrogen and oxygen atoms in total. The Morgan fingerprint density at radius 1 is 1.20 bits per heavy atom. The highest BCUT2D eigenvalue weighted by Crippen LogP contribution is 2.23.